The van der Waals surface area contributed by atoms with Gasteiger partial charge in [0.25, 0.3) is 0 Å². The van der Waals surface area contributed by atoms with Crippen molar-refractivity contribution in [2.24, 2.45) is 0 Å². The van der Waals surface area contributed by atoms with E-state index in [1.807, 2.05) is 36.4 Å². The average molecular weight is 296 g/mol. The number of carbonyl (C=O) groups is 1. The molecule has 0 aliphatic carbocycles. The molecule has 0 aliphatic heterocycles. The number of benzene rings is 2. The van der Waals surface area contributed by atoms with Crippen LogP contribution in [-0.2, 0) is 0 Å². The third kappa shape index (κ3) is 2.18. The summed E-state index contributed by atoms with van der Waals surface area (Å²) in [4.78, 5) is 10.7. The van der Waals surface area contributed by atoms with E-state index in [4.69, 9.17) is 11.6 Å². The zero-order valence-electron chi connectivity index (χ0n) is 8.28. The summed E-state index contributed by atoms with van der Waals surface area (Å²) in [6.07, 6.45) is 0.829. The lowest BCUT2D eigenvalue weighted by atomic mass is 10.0. The van der Waals surface area contributed by atoms with Crippen molar-refractivity contribution in [3.63, 3.8) is 0 Å². The lowest BCUT2D eigenvalue weighted by Gasteiger charge is -2.06. The molecule has 0 atom stereocenters. The molecule has 0 aliphatic rings. The number of carbonyl (C=O) groups excluding carboxylic acids is 1. The highest BCUT2D eigenvalue weighted by atomic mass is 79.9. The van der Waals surface area contributed by atoms with Gasteiger partial charge in [-0.2, -0.15) is 0 Å². The van der Waals surface area contributed by atoms with E-state index in [1.165, 1.54) is 0 Å². The Hall–Kier alpha value is -1.12. The van der Waals surface area contributed by atoms with Crippen LogP contribution in [0.3, 0.4) is 0 Å². The minimum absolute atomic E-state index is 0.647. The van der Waals surface area contributed by atoms with E-state index >= 15 is 0 Å². The van der Waals surface area contributed by atoms with E-state index < -0.39 is 0 Å². The van der Waals surface area contributed by atoms with Crippen molar-refractivity contribution in [3.8, 4) is 11.1 Å². The molecule has 16 heavy (non-hydrogen) atoms. The molecule has 0 saturated heterocycles. The first-order valence-corrected chi connectivity index (χ1v) is 5.89. The molecule has 1 nitrogen and oxygen atoms in total. The summed E-state index contributed by atoms with van der Waals surface area (Å²) in [5, 5.41) is 0.658. The maximum absolute atomic E-state index is 10.7. The van der Waals surface area contributed by atoms with Crippen LogP contribution in [0.1, 0.15) is 10.4 Å². The van der Waals surface area contributed by atoms with Gasteiger partial charge in [0.05, 0.1) is 5.02 Å². The Morgan fingerprint density at radius 1 is 1.12 bits per heavy atom. The Morgan fingerprint density at radius 2 is 1.88 bits per heavy atom. The van der Waals surface area contributed by atoms with E-state index in [0.717, 1.165) is 21.9 Å². The van der Waals surface area contributed by atoms with Gasteiger partial charge in [-0.15, -0.1) is 0 Å². The summed E-state index contributed by atoms with van der Waals surface area (Å²) >= 11 is 9.57. The van der Waals surface area contributed by atoms with Crippen molar-refractivity contribution >= 4 is 33.8 Å². The molecule has 0 aromatic heterocycles. The number of halogens is 2. The van der Waals surface area contributed by atoms with Gasteiger partial charge >= 0.3 is 0 Å². The normalized spacial score (nSPS) is 10.1. The maximum atomic E-state index is 10.7. The van der Waals surface area contributed by atoms with Gasteiger partial charge in [-0.25, -0.2) is 0 Å². The second kappa shape index (κ2) is 4.81. The highest BCUT2D eigenvalue weighted by molar-refractivity contribution is 9.10. The third-order valence-electron chi connectivity index (χ3n) is 2.29. The van der Waals surface area contributed by atoms with Gasteiger partial charge in [-0.05, 0) is 33.6 Å². The molecule has 0 spiro atoms. The Morgan fingerprint density at radius 3 is 2.62 bits per heavy atom. The highest BCUT2D eigenvalue weighted by Gasteiger charge is 2.06. The number of aldehydes is 1. The molecular formula is C13H8BrClO. The van der Waals surface area contributed by atoms with Gasteiger partial charge in [0.15, 0.2) is 0 Å². The van der Waals surface area contributed by atoms with E-state index in [1.54, 1.807) is 6.07 Å². The smallest absolute Gasteiger partial charge is 0.150 e. The first kappa shape index (κ1) is 11.4. The first-order valence-electron chi connectivity index (χ1n) is 4.72. The standard InChI is InChI=1S/C13H8BrClO/c14-12-6-2-5-11(13(12)15)10-4-1-3-9(7-10)8-16/h1-8H. The van der Waals surface area contributed by atoms with E-state index in [9.17, 15) is 4.79 Å². The van der Waals surface area contributed by atoms with Crippen LogP contribution in [0.5, 0.6) is 0 Å². The molecule has 2 aromatic carbocycles. The summed E-state index contributed by atoms with van der Waals surface area (Å²) in [6, 6.07) is 13.1. The Labute approximate surface area is 107 Å². The fourth-order valence-corrected chi connectivity index (χ4v) is 2.11. The monoisotopic (exact) mass is 294 g/mol. The van der Waals surface area contributed by atoms with Crippen molar-refractivity contribution in [1.82, 2.24) is 0 Å². The van der Waals surface area contributed by atoms with E-state index in [0.29, 0.717) is 10.6 Å². The largest absolute Gasteiger partial charge is 0.298 e. The second-order valence-electron chi connectivity index (χ2n) is 3.34. The van der Waals surface area contributed by atoms with E-state index in [2.05, 4.69) is 15.9 Å². The molecule has 2 rings (SSSR count). The quantitative estimate of drug-likeness (QED) is 0.741. The second-order valence-corrected chi connectivity index (χ2v) is 4.58. The van der Waals surface area contributed by atoms with Gasteiger partial charge in [0, 0.05) is 15.6 Å². The lowest BCUT2D eigenvalue weighted by molar-refractivity contribution is 0.112. The van der Waals surface area contributed by atoms with Crippen molar-refractivity contribution in [2.75, 3.05) is 0 Å². The number of hydrogen-bond donors (Lipinski definition) is 0. The molecule has 0 fully saturated rings. The molecule has 80 valence electrons. The summed E-state index contributed by atoms with van der Waals surface area (Å²) in [7, 11) is 0. The van der Waals surface area contributed by atoms with Gasteiger partial charge in [-0.3, -0.25) is 4.79 Å². The van der Waals surface area contributed by atoms with Crippen LogP contribution in [0.15, 0.2) is 46.9 Å². The number of hydrogen-bond acceptors (Lipinski definition) is 1. The molecule has 0 bridgehead atoms. The fraction of sp³-hybridized carbons (Fsp3) is 0. The maximum Gasteiger partial charge on any atom is 0.150 e. The molecule has 2 aromatic rings. The molecule has 0 heterocycles. The van der Waals surface area contributed by atoms with Crippen molar-refractivity contribution in [3.05, 3.63) is 57.5 Å². The molecule has 3 heteroatoms. The van der Waals surface area contributed by atoms with Crippen molar-refractivity contribution in [2.45, 2.75) is 0 Å². The molecule has 0 unspecified atom stereocenters. The molecule has 0 N–H and O–H groups in total. The summed E-state index contributed by atoms with van der Waals surface area (Å²) in [5.74, 6) is 0. The minimum Gasteiger partial charge on any atom is -0.298 e. The van der Waals surface area contributed by atoms with Crippen LogP contribution in [0.4, 0.5) is 0 Å². The zero-order chi connectivity index (χ0) is 11.5. The zero-order valence-corrected chi connectivity index (χ0v) is 10.6. The highest BCUT2D eigenvalue weighted by Crippen LogP contribution is 2.33. The van der Waals surface area contributed by atoms with Gasteiger partial charge in [0.2, 0.25) is 0 Å². The summed E-state index contributed by atoms with van der Waals surface area (Å²) in [6.45, 7) is 0. The molecule has 0 saturated carbocycles. The van der Waals surface area contributed by atoms with Crippen molar-refractivity contribution in [1.29, 1.82) is 0 Å². The molecule has 0 amide bonds. The molecular weight excluding hydrogens is 287 g/mol. The predicted octanol–water partition coefficient (Wildman–Crippen LogP) is 4.58. The van der Waals surface area contributed by atoms with Crippen molar-refractivity contribution < 1.29 is 4.79 Å². The number of rotatable bonds is 2. The predicted molar refractivity (Wildman–Crippen MR) is 70.0 cm³/mol. The van der Waals surface area contributed by atoms with Crippen LogP contribution in [0.25, 0.3) is 11.1 Å². The summed E-state index contributed by atoms with van der Waals surface area (Å²) < 4.78 is 0.850. The van der Waals surface area contributed by atoms with Crippen LogP contribution in [0, 0.1) is 0 Å². The molecule has 0 radical (unpaired) electrons. The first-order chi connectivity index (χ1) is 7.72. The third-order valence-corrected chi connectivity index (χ3v) is 3.58. The van der Waals surface area contributed by atoms with E-state index in [-0.39, 0.29) is 0 Å². The van der Waals surface area contributed by atoms with Gasteiger partial charge < -0.3 is 0 Å². The Bertz CT molecular complexity index is 537. The Kier molecular flexibility index (Phi) is 3.42. The van der Waals surface area contributed by atoms with Gasteiger partial charge in [-0.1, -0.05) is 41.9 Å². The minimum atomic E-state index is 0.647. The van der Waals surface area contributed by atoms with Crippen LogP contribution in [0.2, 0.25) is 5.02 Å². The van der Waals surface area contributed by atoms with Crippen LogP contribution < -0.4 is 0 Å². The topological polar surface area (TPSA) is 17.1 Å². The SMILES string of the molecule is O=Cc1cccc(-c2cccc(Br)c2Cl)c1. The lowest BCUT2D eigenvalue weighted by Crippen LogP contribution is -1.84. The van der Waals surface area contributed by atoms with Gasteiger partial charge in [0.1, 0.15) is 6.29 Å². The average Bonchev–Trinajstić information content (AvgIpc) is 2.33. The fourth-order valence-electron chi connectivity index (χ4n) is 1.51. The van der Waals surface area contributed by atoms with Crippen LogP contribution in [-0.4, -0.2) is 6.29 Å². The Balaban J connectivity index is 2.58. The van der Waals surface area contributed by atoms with Crippen LogP contribution >= 0.6 is 27.5 Å². The summed E-state index contributed by atoms with van der Waals surface area (Å²) in [5.41, 5.74) is 2.50.